The number of pyridine rings is 1. The average Bonchev–Trinajstić information content (AvgIpc) is 3.13. The van der Waals surface area contributed by atoms with Gasteiger partial charge in [0.25, 0.3) is 5.91 Å². The second kappa shape index (κ2) is 9.78. The van der Waals surface area contributed by atoms with E-state index in [1.807, 2.05) is 43.3 Å². The van der Waals surface area contributed by atoms with Crippen molar-refractivity contribution in [3.8, 4) is 5.75 Å². The number of aryl methyl sites for hydroxylation is 1. The normalized spacial score (nSPS) is 15.1. The van der Waals surface area contributed by atoms with Crippen molar-refractivity contribution in [2.45, 2.75) is 39.8 Å². The lowest BCUT2D eigenvalue weighted by molar-refractivity contribution is 0.0714. The molecule has 2 aromatic heterocycles. The molecule has 36 heavy (non-hydrogen) atoms. The van der Waals surface area contributed by atoms with Crippen molar-refractivity contribution < 1.29 is 13.9 Å². The van der Waals surface area contributed by atoms with Gasteiger partial charge in [0.2, 0.25) is 5.76 Å². The maximum atomic E-state index is 13.8. The summed E-state index contributed by atoms with van der Waals surface area (Å²) < 4.78 is 12.1. The Morgan fingerprint density at radius 3 is 2.72 bits per heavy atom. The summed E-state index contributed by atoms with van der Waals surface area (Å²) >= 11 is 6.34. The van der Waals surface area contributed by atoms with E-state index in [9.17, 15) is 9.59 Å². The quantitative estimate of drug-likeness (QED) is 0.295. The Labute approximate surface area is 214 Å². The van der Waals surface area contributed by atoms with E-state index in [4.69, 9.17) is 20.8 Å². The monoisotopic (exact) mass is 502 g/mol. The molecule has 1 aliphatic rings. The molecule has 0 fully saturated rings. The first-order valence-corrected chi connectivity index (χ1v) is 12.4. The summed E-state index contributed by atoms with van der Waals surface area (Å²) in [5, 5.41) is 0.832. The minimum Gasteiger partial charge on any atom is -0.494 e. The van der Waals surface area contributed by atoms with E-state index in [2.05, 4.69) is 18.8 Å². The lowest BCUT2D eigenvalue weighted by Crippen LogP contribution is -2.29. The van der Waals surface area contributed by atoms with Crippen LogP contribution in [0.3, 0.4) is 0 Å². The molecule has 2 aromatic carbocycles. The van der Waals surface area contributed by atoms with Crippen molar-refractivity contribution >= 4 is 28.5 Å². The van der Waals surface area contributed by atoms with Crippen LogP contribution in [0.1, 0.15) is 59.1 Å². The van der Waals surface area contributed by atoms with Gasteiger partial charge < -0.3 is 14.1 Å². The maximum Gasteiger partial charge on any atom is 0.291 e. The number of fused-ring (bicyclic) bond motifs is 2. The standard InChI is InChI=1S/C29H27ClN2O4/c1-17(2)9-11-35-21-8-4-7-20(13-21)26-25-27(33)22-14-23(30)18(3)12-24(22)36-28(25)29(34)32(26)16-19-6-5-10-31-15-19/h4-8,10,12-15,17,26H,9,11,16H2,1-3H3/t26-/m1/s1. The molecule has 4 aromatic rings. The highest BCUT2D eigenvalue weighted by Crippen LogP contribution is 2.40. The van der Waals surface area contributed by atoms with E-state index in [-0.39, 0.29) is 23.6 Å². The number of hydrogen-bond acceptors (Lipinski definition) is 5. The zero-order chi connectivity index (χ0) is 25.4. The molecule has 0 saturated heterocycles. The Hall–Kier alpha value is -3.64. The average molecular weight is 503 g/mol. The third-order valence-electron chi connectivity index (χ3n) is 6.46. The molecule has 1 amide bonds. The molecule has 0 unspecified atom stereocenters. The van der Waals surface area contributed by atoms with E-state index in [1.54, 1.807) is 29.4 Å². The number of carbonyl (C=O) groups excluding carboxylic acids is 1. The maximum absolute atomic E-state index is 13.8. The summed E-state index contributed by atoms with van der Waals surface area (Å²) in [5.74, 6) is 0.945. The van der Waals surface area contributed by atoms with Gasteiger partial charge in [-0.15, -0.1) is 0 Å². The molecule has 0 saturated carbocycles. The zero-order valence-electron chi connectivity index (χ0n) is 20.5. The first-order valence-electron chi connectivity index (χ1n) is 12.0. The highest BCUT2D eigenvalue weighted by atomic mass is 35.5. The van der Waals surface area contributed by atoms with Gasteiger partial charge in [0, 0.05) is 24.0 Å². The minimum absolute atomic E-state index is 0.0641. The van der Waals surface area contributed by atoms with Gasteiger partial charge in [-0.1, -0.05) is 43.6 Å². The van der Waals surface area contributed by atoms with Crippen LogP contribution in [0.15, 0.2) is 70.1 Å². The van der Waals surface area contributed by atoms with Crippen LogP contribution in [0.25, 0.3) is 11.0 Å². The second-order valence-corrected chi connectivity index (χ2v) is 9.98. The molecule has 0 radical (unpaired) electrons. The summed E-state index contributed by atoms with van der Waals surface area (Å²) in [4.78, 5) is 33.3. The molecule has 0 N–H and O–H groups in total. The molecular weight excluding hydrogens is 476 g/mol. The molecule has 0 bridgehead atoms. The number of aromatic nitrogens is 1. The zero-order valence-corrected chi connectivity index (χ0v) is 21.2. The van der Waals surface area contributed by atoms with Crippen LogP contribution in [0.4, 0.5) is 0 Å². The molecular formula is C29H27ClN2O4. The van der Waals surface area contributed by atoms with Gasteiger partial charge in [-0.25, -0.2) is 0 Å². The van der Waals surface area contributed by atoms with Crippen molar-refractivity contribution in [2.75, 3.05) is 6.61 Å². The number of rotatable bonds is 7. The molecule has 1 atom stereocenters. The molecule has 3 heterocycles. The SMILES string of the molecule is Cc1cc2oc3c(c(=O)c2cc1Cl)[C@@H](c1cccc(OCCC(C)C)c1)N(Cc1cccnc1)C3=O. The summed E-state index contributed by atoms with van der Waals surface area (Å²) in [6.07, 6.45) is 4.33. The van der Waals surface area contributed by atoms with Crippen LogP contribution in [0, 0.1) is 12.8 Å². The molecule has 6 nitrogen and oxygen atoms in total. The summed E-state index contributed by atoms with van der Waals surface area (Å²) in [5.41, 5.74) is 2.80. The topological polar surface area (TPSA) is 72.6 Å². The fourth-order valence-corrected chi connectivity index (χ4v) is 4.69. The van der Waals surface area contributed by atoms with Crippen LogP contribution >= 0.6 is 11.6 Å². The fraction of sp³-hybridized carbons (Fsp3) is 0.276. The minimum atomic E-state index is -0.637. The molecule has 7 heteroatoms. The van der Waals surface area contributed by atoms with Crippen LogP contribution in [-0.4, -0.2) is 22.4 Å². The van der Waals surface area contributed by atoms with Gasteiger partial charge in [0.1, 0.15) is 11.3 Å². The van der Waals surface area contributed by atoms with Crippen LogP contribution < -0.4 is 10.2 Å². The van der Waals surface area contributed by atoms with Crippen molar-refractivity contribution in [2.24, 2.45) is 5.92 Å². The van der Waals surface area contributed by atoms with Gasteiger partial charge in [0.05, 0.1) is 23.6 Å². The van der Waals surface area contributed by atoms with Crippen LogP contribution in [-0.2, 0) is 6.54 Å². The number of nitrogens with zero attached hydrogens (tertiary/aromatic N) is 2. The fourth-order valence-electron chi connectivity index (χ4n) is 4.53. The van der Waals surface area contributed by atoms with Crippen molar-refractivity contribution in [1.82, 2.24) is 9.88 Å². The molecule has 184 valence electrons. The Morgan fingerprint density at radius 2 is 1.97 bits per heavy atom. The Balaban J connectivity index is 1.64. The number of amides is 1. The number of hydrogen-bond donors (Lipinski definition) is 0. The smallest absolute Gasteiger partial charge is 0.291 e. The van der Waals surface area contributed by atoms with Gasteiger partial charge in [0.15, 0.2) is 5.43 Å². The second-order valence-electron chi connectivity index (χ2n) is 9.57. The third-order valence-corrected chi connectivity index (χ3v) is 6.87. The largest absolute Gasteiger partial charge is 0.494 e. The van der Waals surface area contributed by atoms with Crippen LogP contribution in [0.2, 0.25) is 5.02 Å². The van der Waals surface area contributed by atoms with E-state index in [1.165, 1.54) is 0 Å². The van der Waals surface area contributed by atoms with Crippen molar-refractivity contribution in [3.63, 3.8) is 0 Å². The Morgan fingerprint density at radius 1 is 1.14 bits per heavy atom. The van der Waals surface area contributed by atoms with E-state index in [0.29, 0.717) is 39.8 Å². The number of carbonyl (C=O) groups is 1. The molecule has 5 rings (SSSR count). The van der Waals surface area contributed by atoms with Gasteiger partial charge in [-0.2, -0.15) is 0 Å². The van der Waals surface area contributed by atoms with Gasteiger partial charge in [-0.05, 0) is 66.3 Å². The van der Waals surface area contributed by atoms with Crippen LogP contribution in [0.5, 0.6) is 5.75 Å². The Kier molecular flexibility index (Phi) is 6.54. The number of ether oxygens (including phenoxy) is 1. The number of benzene rings is 2. The van der Waals surface area contributed by atoms with Gasteiger partial charge in [-0.3, -0.25) is 14.6 Å². The summed E-state index contributed by atoms with van der Waals surface area (Å²) in [7, 11) is 0. The van der Waals surface area contributed by atoms with E-state index in [0.717, 1.165) is 23.1 Å². The highest BCUT2D eigenvalue weighted by molar-refractivity contribution is 6.32. The first kappa shape index (κ1) is 24.1. The Bertz CT molecular complexity index is 1500. The van der Waals surface area contributed by atoms with Crippen molar-refractivity contribution in [3.05, 3.63) is 104 Å². The predicted octanol–water partition coefficient (Wildman–Crippen LogP) is 6.32. The highest BCUT2D eigenvalue weighted by Gasteiger charge is 2.43. The van der Waals surface area contributed by atoms with Crippen molar-refractivity contribution in [1.29, 1.82) is 0 Å². The molecule has 0 spiro atoms. The summed E-state index contributed by atoms with van der Waals surface area (Å²) in [6.45, 7) is 6.99. The predicted molar refractivity (Wildman–Crippen MR) is 140 cm³/mol. The lowest BCUT2D eigenvalue weighted by atomic mass is 9.98. The summed E-state index contributed by atoms with van der Waals surface area (Å²) in [6, 6.07) is 14.0. The lowest BCUT2D eigenvalue weighted by Gasteiger charge is -2.25. The van der Waals surface area contributed by atoms with E-state index >= 15 is 0 Å². The first-order chi connectivity index (χ1) is 17.3. The molecule has 0 aliphatic carbocycles. The van der Waals surface area contributed by atoms with E-state index < -0.39 is 6.04 Å². The molecule has 1 aliphatic heterocycles. The van der Waals surface area contributed by atoms with Gasteiger partial charge >= 0.3 is 0 Å². The number of halogens is 1. The third kappa shape index (κ3) is 4.49.